The van der Waals surface area contributed by atoms with Crippen LogP contribution in [0.15, 0.2) is 47.3 Å². The van der Waals surface area contributed by atoms with Crippen molar-refractivity contribution in [2.75, 3.05) is 36.1 Å². The molecule has 0 radical (unpaired) electrons. The Kier molecular flexibility index (Phi) is 36.0. The van der Waals surface area contributed by atoms with Gasteiger partial charge in [0.1, 0.15) is 17.9 Å². The first-order valence-electron chi connectivity index (χ1n) is 22.1. The lowest BCUT2D eigenvalue weighted by molar-refractivity contribution is -0.193. The van der Waals surface area contributed by atoms with Gasteiger partial charge in [0.15, 0.2) is 5.78 Å². The maximum absolute atomic E-state index is 12.7. The number of terminal acetylenes is 1. The summed E-state index contributed by atoms with van der Waals surface area (Å²) < 4.78 is 4.95. The number of aliphatic carboxylic acids is 2. The molecule has 10 N–H and O–H groups in total. The van der Waals surface area contributed by atoms with E-state index in [-0.39, 0.29) is 92.5 Å². The number of fused-ring (bicyclic) bond motifs is 1. The van der Waals surface area contributed by atoms with Crippen LogP contribution in [0.2, 0.25) is 0 Å². The molecule has 1 aromatic heterocycles. The Morgan fingerprint density at radius 1 is 0.840 bits per heavy atom. The summed E-state index contributed by atoms with van der Waals surface area (Å²) in [5, 5.41) is 26.0. The number of carboxylic acids is 2. The highest BCUT2D eigenvalue weighted by Crippen LogP contribution is 2.20. The Bertz CT molecular complexity index is 2560. The third kappa shape index (κ3) is 28.5. The minimum absolute atomic E-state index is 0.0393. The van der Waals surface area contributed by atoms with Gasteiger partial charge in [0.05, 0.1) is 30.1 Å². The number of nitrogens with one attached hydrogen (secondary N) is 4. The second kappa shape index (κ2) is 39.3. The average Bonchev–Trinajstić information content (AvgIpc) is 3.36. The van der Waals surface area contributed by atoms with Gasteiger partial charge < -0.3 is 47.3 Å². The normalized spacial score (nSPS) is 11.7. The van der Waals surface area contributed by atoms with E-state index in [1.807, 2.05) is 17.9 Å². The van der Waals surface area contributed by atoms with Gasteiger partial charge in [-0.15, -0.1) is 18.1 Å². The third-order valence-electron chi connectivity index (χ3n) is 9.75. The molecule has 0 aliphatic carbocycles. The summed E-state index contributed by atoms with van der Waals surface area (Å²) in [4.78, 5) is 164. The molecule has 3 aromatic rings. The second-order valence-electron chi connectivity index (χ2n) is 15.4. The number of aromatic amines is 1. The number of rotatable bonds is 26. The van der Waals surface area contributed by atoms with Gasteiger partial charge >= 0.3 is 36.4 Å². The fourth-order valence-electron chi connectivity index (χ4n) is 5.98. The maximum atomic E-state index is 12.7. The highest BCUT2D eigenvalue weighted by atomic mass is 33.1. The van der Waals surface area contributed by atoms with E-state index >= 15 is 0 Å². The van der Waals surface area contributed by atoms with E-state index in [9.17, 15) is 48.3 Å². The van der Waals surface area contributed by atoms with Crippen LogP contribution in [0.4, 0.5) is 11.6 Å². The summed E-state index contributed by atoms with van der Waals surface area (Å²) >= 11 is 3.95. The van der Waals surface area contributed by atoms with Crippen LogP contribution in [-0.2, 0) is 73.6 Å². The predicted octanol–water partition coefficient (Wildman–Crippen LogP) is 0.489. The first-order valence-corrected chi connectivity index (χ1v) is 24.1. The molecule has 0 fully saturated rings. The average molecular weight is 1090 g/mol. The molecule has 406 valence electrons. The summed E-state index contributed by atoms with van der Waals surface area (Å²) in [5.74, 6) is -3.20. The fraction of sp³-hybridized carbons (Fsp3) is 0.426. The third-order valence-corrected chi connectivity index (χ3v) is 10.7. The van der Waals surface area contributed by atoms with Crippen molar-refractivity contribution in [2.24, 2.45) is 17.6 Å². The van der Waals surface area contributed by atoms with Gasteiger partial charge in [-0.1, -0.05) is 43.6 Å². The topological polar surface area (TPSA) is 426 Å². The van der Waals surface area contributed by atoms with Gasteiger partial charge in [-0.2, -0.15) is 28.8 Å². The Morgan fingerprint density at radius 3 is 1.92 bits per heavy atom. The molecule has 0 saturated heterocycles. The lowest BCUT2D eigenvalue weighted by Gasteiger charge is -2.23. The molecule has 5 atom stereocenters. The van der Waals surface area contributed by atoms with E-state index in [1.165, 1.54) is 24.6 Å². The van der Waals surface area contributed by atoms with E-state index in [1.54, 1.807) is 43.3 Å². The number of nitrogens with two attached hydrogens (primary N) is 2. The SMILES string of the molecule is C#CCN(Cc1ccc2nc(N)[nH]c(=O)c2c1)c1ccc(C(=O)NC(CCC(=O)OCCC)C(=O)O)cc1.C[C@H](CC(=O)CCSS)C(=O)N[C@@H](C)C(=O)C[C@@H](C)C(=O)N[C@@H](CN)C(=O)O.O=C=O.O=C=O.O=C=O. The Morgan fingerprint density at radius 2 is 1.40 bits per heavy atom. The summed E-state index contributed by atoms with van der Waals surface area (Å²) in [6.45, 7) is 7.07. The summed E-state index contributed by atoms with van der Waals surface area (Å²) in [7, 11) is 1.25. The van der Waals surface area contributed by atoms with Crippen LogP contribution in [0, 0.1) is 24.2 Å². The first kappa shape index (κ1) is 68.8. The number of nitrogens with zero attached hydrogens (tertiary/aromatic N) is 2. The molecule has 1 unspecified atom stereocenters. The minimum Gasteiger partial charge on any atom is -0.480 e. The Labute approximate surface area is 438 Å². The molecule has 3 rings (SSSR count). The molecule has 0 bridgehead atoms. The molecule has 28 heteroatoms. The number of carboxylic acid groups (broad SMARTS) is 2. The van der Waals surface area contributed by atoms with Crippen molar-refractivity contribution in [1.82, 2.24) is 25.9 Å². The standard InChI is InChI=1S/C27H29N5O6.C17H29N3O6S2.3CO2/c1-3-13-32(16-17-5-10-21-20(15-17)25(35)31-27(28)30-21)19-8-6-18(7-9-19)24(34)29-22(26(36)37)11-12-23(33)38-14-4-2;1-9(6-12(21)4-5-28-27)15(23)19-11(3)14(22)7-10(2)16(24)20-13(8-18)17(25)26;3*2-1-3/h1,5-10,15,22H,4,11-14,16H2,2H3,(H,29,34)(H,36,37)(H3,28,30,31,35);9-11,13,27H,4-8,18H2,1-3H3,(H,19,23)(H,20,24)(H,25,26);;;/t;9-,10-,11+,13+;;;/m.1.../s1. The van der Waals surface area contributed by atoms with Crippen molar-refractivity contribution in [3.63, 3.8) is 0 Å². The number of Topliss-reactive ketones (excluding diaryl/α,β-unsaturated/α-hetero) is 2. The number of ether oxygens (including phenoxy) is 1. The highest BCUT2D eigenvalue weighted by Gasteiger charge is 2.27. The number of esters is 1. The Balaban J connectivity index is 0. The van der Waals surface area contributed by atoms with Gasteiger partial charge in [0, 0.05) is 67.6 Å². The van der Waals surface area contributed by atoms with E-state index in [4.69, 9.17) is 56.5 Å². The lowest BCUT2D eigenvalue weighted by Crippen LogP contribution is -2.48. The number of hydrogen-bond acceptors (Lipinski definition) is 22. The van der Waals surface area contributed by atoms with Crippen LogP contribution in [-0.4, -0.2) is 129 Å². The van der Waals surface area contributed by atoms with Crippen molar-refractivity contribution < 1.29 is 82.1 Å². The van der Waals surface area contributed by atoms with Crippen LogP contribution in [0.3, 0.4) is 0 Å². The van der Waals surface area contributed by atoms with Gasteiger partial charge in [-0.05, 0) is 61.7 Å². The summed E-state index contributed by atoms with van der Waals surface area (Å²) in [6, 6.07) is 8.45. The molecule has 1 heterocycles. The van der Waals surface area contributed by atoms with Crippen LogP contribution in [0.25, 0.3) is 10.9 Å². The Hall–Kier alpha value is -8.30. The van der Waals surface area contributed by atoms with Gasteiger partial charge in [-0.3, -0.25) is 38.5 Å². The van der Waals surface area contributed by atoms with Crippen LogP contribution in [0.5, 0.6) is 0 Å². The maximum Gasteiger partial charge on any atom is 0.373 e. The minimum atomic E-state index is -1.26. The van der Waals surface area contributed by atoms with Gasteiger partial charge in [0.2, 0.25) is 17.8 Å². The molecule has 0 aliphatic heterocycles. The molecule has 2 aromatic carbocycles. The number of nitrogen functional groups attached to an aromatic ring is 1. The van der Waals surface area contributed by atoms with Crippen LogP contribution >= 0.6 is 22.5 Å². The van der Waals surface area contributed by atoms with Crippen LogP contribution in [0.1, 0.15) is 82.1 Å². The van der Waals surface area contributed by atoms with Crippen molar-refractivity contribution >= 4 is 111 Å². The number of ketones is 2. The van der Waals surface area contributed by atoms with Crippen molar-refractivity contribution in [1.29, 1.82) is 0 Å². The molecule has 26 nitrogen and oxygen atoms in total. The van der Waals surface area contributed by atoms with Crippen LogP contribution < -0.4 is 37.9 Å². The smallest absolute Gasteiger partial charge is 0.373 e. The summed E-state index contributed by atoms with van der Waals surface area (Å²) in [6.07, 6.45) is 7.00. The van der Waals surface area contributed by atoms with E-state index in [0.29, 0.717) is 36.0 Å². The summed E-state index contributed by atoms with van der Waals surface area (Å²) in [5.41, 5.74) is 12.8. The highest BCUT2D eigenvalue weighted by molar-refractivity contribution is 8.68. The number of hydrogen-bond donors (Lipinski definition) is 9. The van der Waals surface area contributed by atoms with E-state index < -0.39 is 65.6 Å². The second-order valence-corrected chi connectivity index (χ2v) is 16.9. The molecule has 3 amide bonds. The molecule has 0 aliphatic rings. The molecule has 0 saturated carbocycles. The largest absolute Gasteiger partial charge is 0.480 e. The monoisotopic (exact) mass is 1090 g/mol. The number of anilines is 2. The number of H-pyrrole nitrogens is 1. The zero-order chi connectivity index (χ0) is 57.6. The predicted molar refractivity (Wildman–Crippen MR) is 267 cm³/mol. The van der Waals surface area contributed by atoms with Crippen molar-refractivity contribution in [3.8, 4) is 12.3 Å². The lowest BCUT2D eigenvalue weighted by atomic mass is 9.98. The molecule has 75 heavy (non-hydrogen) atoms. The van der Waals surface area contributed by atoms with Crippen molar-refractivity contribution in [2.45, 2.75) is 90.9 Å². The number of amides is 3. The zero-order valence-electron chi connectivity index (χ0n) is 41.1. The number of benzene rings is 2. The van der Waals surface area contributed by atoms with E-state index in [0.717, 1.165) is 11.3 Å². The van der Waals surface area contributed by atoms with Gasteiger partial charge in [-0.25, -0.2) is 14.6 Å². The number of aromatic nitrogens is 2. The number of thiol groups is 1. The molecular formula is C47H58N8O18S2. The number of carbonyl (C=O) groups excluding carboxylic acids is 12. The molecule has 0 spiro atoms. The van der Waals surface area contributed by atoms with Crippen molar-refractivity contribution in [3.05, 3.63) is 63.9 Å². The first-order chi connectivity index (χ1) is 35.5. The zero-order valence-corrected chi connectivity index (χ0v) is 42.8. The molecular weight excluding hydrogens is 1030 g/mol. The number of carbonyl (C=O) groups is 8. The quantitative estimate of drug-likeness (QED) is 0.0229. The fourth-order valence-corrected chi connectivity index (χ4v) is 6.58. The van der Waals surface area contributed by atoms with E-state index in [2.05, 4.69) is 43.5 Å². The van der Waals surface area contributed by atoms with Gasteiger partial charge in [0.25, 0.3) is 11.5 Å².